The Kier molecular flexibility index (Phi) is 9.86. The highest BCUT2D eigenvalue weighted by Gasteiger charge is 2.32. The van der Waals surface area contributed by atoms with Gasteiger partial charge in [-0.05, 0) is 17.9 Å². The summed E-state index contributed by atoms with van der Waals surface area (Å²) in [6.07, 6.45) is 5.37. The van der Waals surface area contributed by atoms with Crippen molar-refractivity contribution in [2.45, 2.75) is 25.8 Å². The van der Waals surface area contributed by atoms with E-state index in [0.29, 0.717) is 60.5 Å². The first-order chi connectivity index (χ1) is 19.8. The van der Waals surface area contributed by atoms with Crippen molar-refractivity contribution in [3.8, 4) is 17.3 Å². The summed E-state index contributed by atoms with van der Waals surface area (Å²) in [5.74, 6) is -1.17. The molecule has 0 saturated carbocycles. The van der Waals surface area contributed by atoms with Crippen LogP contribution in [0.3, 0.4) is 0 Å². The summed E-state index contributed by atoms with van der Waals surface area (Å²) < 4.78 is 35.2. The minimum atomic E-state index is -0.773. The number of piperazine rings is 1. The molecule has 2 aromatic carbocycles. The highest BCUT2D eigenvalue weighted by molar-refractivity contribution is 6.36. The van der Waals surface area contributed by atoms with Crippen molar-refractivity contribution in [1.29, 1.82) is 5.26 Å². The van der Waals surface area contributed by atoms with Crippen molar-refractivity contribution in [2.24, 2.45) is 4.99 Å². The van der Waals surface area contributed by atoms with Gasteiger partial charge in [-0.2, -0.15) is 5.26 Å². The second-order valence-electron chi connectivity index (χ2n) is 9.57. The van der Waals surface area contributed by atoms with Gasteiger partial charge >= 0.3 is 0 Å². The fraction of sp³-hybridized carbons (Fsp3) is 0.333. The van der Waals surface area contributed by atoms with E-state index >= 15 is 4.39 Å². The number of pyridine rings is 1. The number of hydrogen-bond acceptors (Lipinski definition) is 6. The lowest BCUT2D eigenvalue weighted by molar-refractivity contribution is -0.130. The third-order valence-corrected chi connectivity index (χ3v) is 7.26. The van der Waals surface area contributed by atoms with Crippen LogP contribution in [0.25, 0.3) is 22.0 Å². The summed E-state index contributed by atoms with van der Waals surface area (Å²) in [5.41, 5.74) is 6.78. The molecule has 1 aromatic heterocycles. The first kappa shape index (κ1) is 29.9. The molecule has 0 aliphatic carbocycles. The van der Waals surface area contributed by atoms with Gasteiger partial charge < -0.3 is 20.3 Å². The zero-order chi connectivity index (χ0) is 29.5. The Morgan fingerprint density at radius 3 is 2.85 bits per heavy atom. The fourth-order valence-corrected chi connectivity index (χ4v) is 5.18. The number of nitrogens with two attached hydrogens (primary N) is 1. The molecule has 0 radical (unpaired) electrons. The molecule has 11 heteroatoms. The maximum absolute atomic E-state index is 16.0. The third kappa shape index (κ3) is 6.32. The highest BCUT2D eigenvalue weighted by Crippen LogP contribution is 2.37. The van der Waals surface area contributed by atoms with Crippen LogP contribution in [0.15, 0.2) is 53.7 Å². The standard InChI is InChI=1S/C30H31ClF2N6O2/c1-3-13-36-30(38-14-15-39(20(18-38)11-12-34)24(40)8-5-16-41-2)22-17-37-29(27(33)28(22)35)21-7-4-6-19-9-10-23(32)26(31)25(19)21/h4-10,17,20H,3,11,13-16,18H2,1-2H3,(H2,35,37)/b8-5+,36-30+/t20-/m0/s1. The maximum atomic E-state index is 16.0. The van der Waals surface area contributed by atoms with Crippen LogP contribution in [0, 0.1) is 23.0 Å². The Hall–Kier alpha value is -4.07. The number of nitrogens with zero attached hydrogens (tertiary/aromatic N) is 5. The predicted octanol–water partition coefficient (Wildman–Crippen LogP) is 5.20. The first-order valence-corrected chi connectivity index (χ1v) is 13.6. The van der Waals surface area contributed by atoms with E-state index in [1.54, 1.807) is 35.2 Å². The SMILES string of the molecule is CCC/N=C(\c1cnc(-c2cccc3ccc(F)c(Cl)c23)c(F)c1N)N1CCN(C(=O)/C=C/COC)[C@@H](CC#N)C1. The number of nitrogen functional groups attached to an aromatic ring is 1. The molecule has 2 N–H and O–H groups in total. The zero-order valence-electron chi connectivity index (χ0n) is 22.9. The van der Waals surface area contributed by atoms with E-state index < -0.39 is 17.7 Å². The first-order valence-electron chi connectivity index (χ1n) is 13.3. The van der Waals surface area contributed by atoms with Crippen molar-refractivity contribution >= 4 is 39.8 Å². The monoisotopic (exact) mass is 580 g/mol. The molecule has 1 fully saturated rings. The number of amidine groups is 1. The largest absolute Gasteiger partial charge is 0.396 e. The van der Waals surface area contributed by atoms with Gasteiger partial charge in [0.05, 0.1) is 41.4 Å². The van der Waals surface area contributed by atoms with E-state index in [1.165, 1.54) is 25.4 Å². The predicted molar refractivity (Wildman–Crippen MR) is 157 cm³/mol. The lowest BCUT2D eigenvalue weighted by atomic mass is 9.99. The van der Waals surface area contributed by atoms with Gasteiger partial charge in [-0.1, -0.05) is 48.9 Å². The van der Waals surface area contributed by atoms with Gasteiger partial charge in [0.15, 0.2) is 5.82 Å². The molecule has 1 amide bonds. The van der Waals surface area contributed by atoms with E-state index in [1.807, 2.05) is 11.8 Å². The van der Waals surface area contributed by atoms with Crippen LogP contribution in [0.2, 0.25) is 5.02 Å². The second kappa shape index (κ2) is 13.5. The van der Waals surface area contributed by atoms with E-state index in [4.69, 9.17) is 27.1 Å². The second-order valence-corrected chi connectivity index (χ2v) is 9.95. The smallest absolute Gasteiger partial charge is 0.246 e. The summed E-state index contributed by atoms with van der Waals surface area (Å²) in [5, 5.41) is 10.3. The van der Waals surface area contributed by atoms with Crippen molar-refractivity contribution in [2.75, 3.05) is 45.6 Å². The summed E-state index contributed by atoms with van der Waals surface area (Å²) >= 11 is 6.28. The number of halogens is 3. The number of ether oxygens (including phenoxy) is 1. The summed E-state index contributed by atoms with van der Waals surface area (Å²) in [6.45, 7) is 3.77. The van der Waals surface area contributed by atoms with Crippen LogP contribution in [-0.2, 0) is 9.53 Å². The lowest BCUT2D eigenvalue weighted by Crippen LogP contribution is -2.56. The average Bonchev–Trinajstić information content (AvgIpc) is 2.97. The van der Waals surface area contributed by atoms with Crippen LogP contribution < -0.4 is 5.73 Å². The van der Waals surface area contributed by atoms with E-state index in [9.17, 15) is 14.4 Å². The number of anilines is 1. The molecule has 8 nitrogen and oxygen atoms in total. The van der Waals surface area contributed by atoms with Gasteiger partial charge in [-0.15, -0.1) is 0 Å². The normalized spacial score (nSPS) is 16.0. The van der Waals surface area contributed by atoms with E-state index in [0.717, 1.165) is 6.42 Å². The van der Waals surface area contributed by atoms with Crippen molar-refractivity contribution < 1.29 is 18.3 Å². The average molecular weight is 581 g/mol. The number of hydrogen-bond donors (Lipinski definition) is 1. The van der Waals surface area contributed by atoms with Crippen LogP contribution in [-0.4, -0.2) is 72.5 Å². The molecule has 2 heterocycles. The molecular formula is C30H31ClF2N6O2. The van der Waals surface area contributed by atoms with Crippen molar-refractivity contribution in [3.63, 3.8) is 0 Å². The molecule has 3 aromatic rings. The Morgan fingerprint density at radius 1 is 1.32 bits per heavy atom. The van der Waals surface area contributed by atoms with Crippen LogP contribution in [0.5, 0.6) is 0 Å². The number of nitriles is 1. The third-order valence-electron chi connectivity index (χ3n) is 6.89. The number of carbonyl (C=O) groups is 1. The van der Waals surface area contributed by atoms with E-state index in [-0.39, 0.29) is 28.7 Å². The Bertz CT molecular complexity index is 1540. The van der Waals surface area contributed by atoms with Crippen LogP contribution in [0.4, 0.5) is 14.5 Å². The molecule has 41 heavy (non-hydrogen) atoms. The number of benzene rings is 2. The molecule has 4 rings (SSSR count). The van der Waals surface area contributed by atoms with Crippen molar-refractivity contribution in [1.82, 2.24) is 14.8 Å². The number of amides is 1. The van der Waals surface area contributed by atoms with Gasteiger partial charge in [-0.25, -0.2) is 8.78 Å². The number of methoxy groups -OCH3 is 1. The topological polar surface area (TPSA) is 108 Å². The quantitative estimate of drug-likeness (QED) is 0.223. The summed E-state index contributed by atoms with van der Waals surface area (Å²) in [6, 6.07) is 9.66. The lowest BCUT2D eigenvalue weighted by Gasteiger charge is -2.41. The molecule has 0 bridgehead atoms. The van der Waals surface area contributed by atoms with Gasteiger partial charge in [0, 0.05) is 56.5 Å². The number of aromatic nitrogens is 1. The van der Waals surface area contributed by atoms with E-state index in [2.05, 4.69) is 11.1 Å². The maximum Gasteiger partial charge on any atom is 0.246 e. The molecule has 0 spiro atoms. The molecule has 1 aliphatic heterocycles. The Morgan fingerprint density at radius 2 is 2.12 bits per heavy atom. The number of aliphatic imine (C=N–C) groups is 1. The number of fused-ring (bicyclic) bond motifs is 1. The molecule has 0 unspecified atom stereocenters. The number of carbonyl (C=O) groups excluding carboxylic acids is 1. The van der Waals surface area contributed by atoms with Gasteiger partial charge in [0.2, 0.25) is 5.91 Å². The zero-order valence-corrected chi connectivity index (χ0v) is 23.7. The van der Waals surface area contributed by atoms with Crippen LogP contribution in [0.1, 0.15) is 25.3 Å². The van der Waals surface area contributed by atoms with Crippen LogP contribution >= 0.6 is 11.6 Å². The van der Waals surface area contributed by atoms with Gasteiger partial charge in [0.25, 0.3) is 0 Å². The molecular weight excluding hydrogens is 550 g/mol. The van der Waals surface area contributed by atoms with Crippen molar-refractivity contribution in [3.05, 3.63) is 70.9 Å². The molecule has 1 atom stereocenters. The number of rotatable bonds is 8. The molecule has 214 valence electrons. The fourth-order valence-electron chi connectivity index (χ4n) is 4.91. The molecule has 1 aliphatic rings. The summed E-state index contributed by atoms with van der Waals surface area (Å²) in [7, 11) is 1.54. The Labute approximate surface area is 242 Å². The summed E-state index contributed by atoms with van der Waals surface area (Å²) in [4.78, 5) is 25.5. The van der Waals surface area contributed by atoms with Gasteiger partial charge in [0.1, 0.15) is 17.3 Å². The van der Waals surface area contributed by atoms with Gasteiger partial charge in [-0.3, -0.25) is 14.8 Å². The Balaban J connectivity index is 1.71. The highest BCUT2D eigenvalue weighted by atomic mass is 35.5. The minimum Gasteiger partial charge on any atom is -0.396 e. The minimum absolute atomic E-state index is 0.0557. The molecule has 1 saturated heterocycles.